The molecule has 4 aliphatic heterocycles. The van der Waals surface area contributed by atoms with Gasteiger partial charge in [-0.15, -0.1) is 0 Å². The van der Waals surface area contributed by atoms with E-state index in [0.29, 0.717) is 60.8 Å². The Morgan fingerprint density at radius 2 is 2.11 bits per heavy atom. The maximum absolute atomic E-state index is 14.4. The lowest BCUT2D eigenvalue weighted by molar-refractivity contribution is -0.186. The highest BCUT2D eigenvalue weighted by Crippen LogP contribution is 2.58. The predicted octanol–water partition coefficient (Wildman–Crippen LogP) is 3.53. The first-order valence-electron chi connectivity index (χ1n) is 18.6. The van der Waals surface area contributed by atoms with Crippen LogP contribution in [0.4, 0.5) is 0 Å². The summed E-state index contributed by atoms with van der Waals surface area (Å²) in [5.41, 5.74) is 8.04. The molecule has 12 nitrogen and oxygen atoms in total. The molecular weight excluding hydrogens is 729 g/mol. The summed E-state index contributed by atoms with van der Waals surface area (Å²) in [5, 5.41) is 17.2. The summed E-state index contributed by atoms with van der Waals surface area (Å²) in [6.07, 6.45) is 8.46. The molecule has 1 spiro atoms. The molecule has 0 bridgehead atoms. The molecule has 0 unspecified atom stereocenters. The molecule has 1 aromatic carbocycles. The number of amides is 1. The van der Waals surface area contributed by atoms with E-state index in [0.717, 1.165) is 34.0 Å². The second-order valence-electron chi connectivity index (χ2n) is 15.4. The number of carbonyl (C=O) groups excluding carboxylic acids is 3. The molecule has 5 heterocycles. The van der Waals surface area contributed by atoms with E-state index >= 15 is 0 Å². The van der Waals surface area contributed by atoms with Gasteiger partial charge in [-0.25, -0.2) is 9.59 Å². The fourth-order valence-corrected chi connectivity index (χ4v) is 12.9. The predicted molar refractivity (Wildman–Crippen MR) is 207 cm³/mol. The lowest BCUT2D eigenvalue weighted by Gasteiger charge is -2.58. The molecule has 1 saturated carbocycles. The molecule has 6 aliphatic rings. The summed E-state index contributed by atoms with van der Waals surface area (Å²) in [4.78, 5) is 54.8. The Labute approximate surface area is 321 Å². The average molecular weight is 775 g/mol. The number of hydrogen-bond donors (Lipinski definition) is 4. The van der Waals surface area contributed by atoms with Crippen molar-refractivity contribution >= 4 is 50.7 Å². The highest BCUT2D eigenvalue weighted by atomic mass is 33.1. The number of carbonyl (C=O) groups is 3. The Morgan fingerprint density at radius 3 is 2.87 bits per heavy atom. The smallest absolute Gasteiger partial charge is 0.336 e. The van der Waals surface area contributed by atoms with Gasteiger partial charge in [0.1, 0.15) is 17.6 Å². The Kier molecular flexibility index (Phi) is 9.77. The fourth-order valence-electron chi connectivity index (χ4n) is 9.76. The van der Waals surface area contributed by atoms with Gasteiger partial charge in [0.25, 0.3) is 0 Å². The third-order valence-corrected chi connectivity index (χ3v) is 15.3. The standard InChI is InChI=1S/C40H46N4O8S2/c1-4-21(8-10-45)38(49)52-39(2)9-7-23-20-53-54-31-12-26(19-46)36(42-3)28-18-44(37(28)31)33(47)13-25-17-43-32(41)14-27(25)35(23)40(39)16-24-11-22-5-6-34(48)50-29(22)15-30(24)51-40/h4-7,11,14-15,19,26,28,31,35-37,42-43,45H,8-10,12-13,16-18,20,41H2,1-3H3/b21-4+/t26-,28-,31-,35+,36+,37-,39-,40-/m1/s1. The average Bonchev–Trinajstić information content (AvgIpc) is 3.50. The van der Waals surface area contributed by atoms with Crippen LogP contribution in [-0.2, 0) is 25.5 Å². The van der Waals surface area contributed by atoms with Gasteiger partial charge in [0.15, 0.2) is 11.2 Å². The number of aldehydes is 1. The molecule has 5 N–H and O–H groups in total. The number of nitrogens with one attached hydrogen (secondary N) is 2. The molecule has 8 atom stereocenters. The zero-order valence-corrected chi connectivity index (χ0v) is 32.2. The SMILES string of the molecule is C/C=C(\CCO)C(=O)O[C@]1(C)CC=C2CSS[C@@H]3C[C@H](C=O)[C@H](NC)[C@H]4CN(C(=O)CC5=C(C=C(N)NC5)[C@H]2[C@]12Cc1cc5ccc(=O)oc5cc1O2)[C@H]43. The largest absolute Gasteiger partial charge is 0.481 e. The molecule has 2 aliphatic carbocycles. The molecule has 286 valence electrons. The lowest BCUT2D eigenvalue weighted by atomic mass is 9.61. The van der Waals surface area contributed by atoms with Crippen LogP contribution in [0.2, 0.25) is 0 Å². The minimum atomic E-state index is -1.24. The first-order chi connectivity index (χ1) is 26.0. The van der Waals surface area contributed by atoms with Gasteiger partial charge < -0.3 is 45.1 Å². The van der Waals surface area contributed by atoms with E-state index in [4.69, 9.17) is 19.6 Å². The Hall–Kier alpha value is -3.98. The van der Waals surface area contributed by atoms with E-state index in [2.05, 4.69) is 16.7 Å². The third kappa shape index (κ3) is 6.00. The number of aliphatic hydroxyl groups is 1. The number of dihydropyridines is 1. The Bertz CT molecular complexity index is 2090. The molecule has 1 saturated heterocycles. The second kappa shape index (κ2) is 14.3. The summed E-state index contributed by atoms with van der Waals surface area (Å²) in [6, 6.07) is 6.86. The first-order valence-corrected chi connectivity index (χ1v) is 21.0. The summed E-state index contributed by atoms with van der Waals surface area (Å²) < 4.78 is 19.4. The van der Waals surface area contributed by atoms with Crippen molar-refractivity contribution in [2.45, 2.75) is 74.5 Å². The van der Waals surface area contributed by atoms with E-state index in [1.165, 1.54) is 6.07 Å². The topological polar surface area (TPSA) is 173 Å². The summed E-state index contributed by atoms with van der Waals surface area (Å²) >= 11 is 0. The van der Waals surface area contributed by atoms with Crippen LogP contribution in [0.1, 0.15) is 45.1 Å². The van der Waals surface area contributed by atoms with E-state index in [9.17, 15) is 24.3 Å². The molecular formula is C40H46N4O8S2. The van der Waals surface area contributed by atoms with Crippen LogP contribution in [0, 0.1) is 17.8 Å². The second-order valence-corrected chi connectivity index (χ2v) is 18.0. The van der Waals surface area contributed by atoms with Crippen molar-refractivity contribution in [3.8, 4) is 5.75 Å². The fraction of sp³-hybridized carbons (Fsp3) is 0.500. The van der Waals surface area contributed by atoms with Crippen molar-refractivity contribution in [2.75, 3.05) is 32.5 Å². The van der Waals surface area contributed by atoms with Gasteiger partial charge in [0.2, 0.25) is 5.91 Å². The van der Waals surface area contributed by atoms with Gasteiger partial charge in [0, 0.05) is 90.9 Å². The molecule has 1 amide bonds. The zero-order chi connectivity index (χ0) is 37.9. The number of nitrogens with zero attached hydrogens (tertiary/aromatic N) is 1. The molecule has 2 fully saturated rings. The third-order valence-electron chi connectivity index (χ3n) is 12.5. The van der Waals surface area contributed by atoms with Gasteiger partial charge >= 0.3 is 11.6 Å². The maximum atomic E-state index is 14.4. The minimum absolute atomic E-state index is 0.0241. The molecule has 2 aromatic rings. The first kappa shape index (κ1) is 37.0. The van der Waals surface area contributed by atoms with Gasteiger partial charge in [0.05, 0.1) is 24.2 Å². The van der Waals surface area contributed by atoms with E-state index < -0.39 is 28.7 Å². The van der Waals surface area contributed by atoms with E-state index in [1.54, 1.807) is 46.7 Å². The van der Waals surface area contributed by atoms with Gasteiger partial charge in [-0.3, -0.25) is 4.79 Å². The molecule has 0 radical (unpaired) electrons. The molecule has 54 heavy (non-hydrogen) atoms. The van der Waals surface area contributed by atoms with Crippen LogP contribution in [0.25, 0.3) is 11.0 Å². The number of esters is 1. The molecule has 8 rings (SSSR count). The van der Waals surface area contributed by atoms with Crippen molar-refractivity contribution in [2.24, 2.45) is 23.5 Å². The Balaban J connectivity index is 1.28. The number of aliphatic hydroxyl groups excluding tert-OH is 1. The highest BCUT2D eigenvalue weighted by Gasteiger charge is 2.64. The van der Waals surface area contributed by atoms with Crippen molar-refractivity contribution < 1.29 is 33.4 Å². The summed E-state index contributed by atoms with van der Waals surface area (Å²) in [5.74, 6) is 0.640. The van der Waals surface area contributed by atoms with Crippen molar-refractivity contribution in [3.05, 3.63) is 86.6 Å². The number of nitrogens with two attached hydrogens (primary N) is 1. The van der Waals surface area contributed by atoms with Crippen LogP contribution in [0.5, 0.6) is 5.75 Å². The van der Waals surface area contributed by atoms with Crippen molar-refractivity contribution in [1.29, 1.82) is 0 Å². The minimum Gasteiger partial charge on any atom is -0.481 e. The number of allylic oxidation sites excluding steroid dienone is 2. The van der Waals surface area contributed by atoms with Crippen molar-refractivity contribution in [3.63, 3.8) is 0 Å². The number of fused-ring (bicyclic) bond motifs is 5. The van der Waals surface area contributed by atoms with Gasteiger partial charge in [-0.05, 0) is 62.2 Å². The van der Waals surface area contributed by atoms with Crippen LogP contribution in [0.15, 0.2) is 79.8 Å². The van der Waals surface area contributed by atoms with Crippen LogP contribution in [-0.4, -0.2) is 89.2 Å². The Morgan fingerprint density at radius 1 is 1.28 bits per heavy atom. The van der Waals surface area contributed by atoms with E-state index in [1.807, 2.05) is 31.0 Å². The quantitative estimate of drug-likeness (QED) is 0.0840. The maximum Gasteiger partial charge on any atom is 0.336 e. The van der Waals surface area contributed by atoms with E-state index in [-0.39, 0.29) is 54.5 Å². The molecule has 14 heteroatoms. The highest BCUT2D eigenvalue weighted by molar-refractivity contribution is 8.77. The number of benzene rings is 1. The number of ether oxygens (including phenoxy) is 2. The monoisotopic (exact) mass is 774 g/mol. The number of rotatable bonds is 6. The van der Waals surface area contributed by atoms with Crippen LogP contribution in [0.3, 0.4) is 0 Å². The van der Waals surface area contributed by atoms with Crippen LogP contribution < -0.4 is 26.7 Å². The number of hydrogen-bond acceptors (Lipinski definition) is 13. The van der Waals surface area contributed by atoms with Gasteiger partial charge in [-0.2, -0.15) is 0 Å². The normalized spacial score (nSPS) is 33.4. The molecule has 1 aromatic heterocycles. The van der Waals surface area contributed by atoms with Crippen molar-refractivity contribution in [1.82, 2.24) is 15.5 Å². The van der Waals surface area contributed by atoms with Crippen LogP contribution >= 0.6 is 21.6 Å². The van der Waals surface area contributed by atoms with Gasteiger partial charge in [-0.1, -0.05) is 39.3 Å². The zero-order valence-electron chi connectivity index (χ0n) is 30.6. The summed E-state index contributed by atoms with van der Waals surface area (Å²) in [6.45, 7) is 4.39. The lowest BCUT2D eigenvalue weighted by Crippen LogP contribution is -2.71. The summed E-state index contributed by atoms with van der Waals surface area (Å²) in [7, 11) is 5.36.